The summed E-state index contributed by atoms with van der Waals surface area (Å²) in [6.07, 6.45) is 27.8. The maximum absolute atomic E-state index is 12.6. The van der Waals surface area contributed by atoms with Crippen LogP contribution in [0.15, 0.2) is 0 Å². The van der Waals surface area contributed by atoms with Crippen molar-refractivity contribution in [2.45, 2.75) is 196 Å². The zero-order valence-electron chi connectivity index (χ0n) is 31.7. The summed E-state index contributed by atoms with van der Waals surface area (Å²) in [5.41, 5.74) is -0.820. The topological polar surface area (TPSA) is 76.1 Å². The summed E-state index contributed by atoms with van der Waals surface area (Å²) in [5, 5.41) is 9.54. The minimum Gasteiger partial charge on any atom is -0.465 e. The van der Waals surface area contributed by atoms with Crippen molar-refractivity contribution >= 4 is 11.9 Å². The van der Waals surface area contributed by atoms with Gasteiger partial charge in [0.25, 0.3) is 0 Å². The number of ether oxygens (including phenoxy) is 2. The summed E-state index contributed by atoms with van der Waals surface area (Å²) in [4.78, 5) is 27.5. The van der Waals surface area contributed by atoms with Gasteiger partial charge in [-0.1, -0.05) is 129 Å². The van der Waals surface area contributed by atoms with E-state index in [-0.39, 0.29) is 18.5 Å². The predicted molar refractivity (Wildman–Crippen MR) is 195 cm³/mol. The maximum atomic E-state index is 12.6. The van der Waals surface area contributed by atoms with Crippen molar-refractivity contribution in [2.24, 2.45) is 10.8 Å². The molecule has 0 aliphatic heterocycles. The van der Waals surface area contributed by atoms with Gasteiger partial charge in [-0.2, -0.15) is 0 Å². The molecule has 0 aliphatic rings. The van der Waals surface area contributed by atoms with E-state index in [1.165, 1.54) is 64.2 Å². The molecular formula is C40H79NO5. The van der Waals surface area contributed by atoms with Crippen LogP contribution in [0.5, 0.6) is 0 Å². The van der Waals surface area contributed by atoms with Crippen LogP contribution in [0.3, 0.4) is 0 Å². The number of carbonyl (C=O) groups excluding carboxylic acids is 2. The fourth-order valence-electron chi connectivity index (χ4n) is 6.03. The van der Waals surface area contributed by atoms with E-state index < -0.39 is 10.8 Å². The Morgan fingerprint density at radius 3 is 1.17 bits per heavy atom. The van der Waals surface area contributed by atoms with Gasteiger partial charge in [0.05, 0.1) is 30.7 Å². The lowest BCUT2D eigenvalue weighted by Crippen LogP contribution is -2.29. The molecule has 1 N–H and O–H groups in total. The number of aliphatic hydroxyl groups excluding tert-OH is 1. The van der Waals surface area contributed by atoms with Crippen LogP contribution in [0, 0.1) is 10.8 Å². The summed E-state index contributed by atoms with van der Waals surface area (Å²) in [7, 11) is 0. The van der Waals surface area contributed by atoms with Crippen molar-refractivity contribution in [3.8, 4) is 0 Å². The number of esters is 2. The van der Waals surface area contributed by atoms with E-state index >= 15 is 0 Å². The molecule has 0 fully saturated rings. The SMILES string of the molecule is CCCCCCCCCOC(=O)C(C)(C)CCCCCCN(CCO)CCCCCCC(C)(C)C(=O)OCCCCCCCCC. The third kappa shape index (κ3) is 25.9. The van der Waals surface area contributed by atoms with Crippen molar-refractivity contribution in [1.82, 2.24) is 4.90 Å². The molecule has 46 heavy (non-hydrogen) atoms. The Labute approximate surface area is 286 Å². The van der Waals surface area contributed by atoms with Gasteiger partial charge in [-0.05, 0) is 79.3 Å². The van der Waals surface area contributed by atoms with Crippen LogP contribution in [0.4, 0.5) is 0 Å². The predicted octanol–water partition coefficient (Wildman–Crippen LogP) is 10.8. The summed E-state index contributed by atoms with van der Waals surface area (Å²) in [6, 6.07) is 0. The van der Waals surface area contributed by atoms with Gasteiger partial charge >= 0.3 is 11.9 Å². The number of rotatable bonds is 34. The average molecular weight is 654 g/mol. The average Bonchev–Trinajstić information content (AvgIpc) is 3.02. The first-order valence-corrected chi connectivity index (χ1v) is 19.8. The van der Waals surface area contributed by atoms with Gasteiger partial charge in [0, 0.05) is 6.54 Å². The van der Waals surface area contributed by atoms with Crippen LogP contribution >= 0.6 is 0 Å². The van der Waals surface area contributed by atoms with E-state index in [9.17, 15) is 14.7 Å². The van der Waals surface area contributed by atoms with Gasteiger partial charge in [0.15, 0.2) is 0 Å². The van der Waals surface area contributed by atoms with E-state index in [2.05, 4.69) is 18.7 Å². The molecule has 0 spiro atoms. The van der Waals surface area contributed by atoms with E-state index in [0.717, 1.165) is 110 Å². The number of nitrogens with zero attached hydrogens (tertiary/aromatic N) is 1. The molecule has 0 aromatic rings. The Bertz CT molecular complexity index is 652. The second kappa shape index (κ2) is 30.0. The second-order valence-electron chi connectivity index (χ2n) is 15.2. The lowest BCUT2D eigenvalue weighted by molar-refractivity contribution is -0.155. The highest BCUT2D eigenvalue weighted by molar-refractivity contribution is 5.76. The lowest BCUT2D eigenvalue weighted by Gasteiger charge is -2.23. The quantitative estimate of drug-likeness (QED) is 0.0550. The Hall–Kier alpha value is -1.14. The summed E-state index contributed by atoms with van der Waals surface area (Å²) in [6.45, 7) is 16.6. The molecule has 6 nitrogen and oxygen atoms in total. The van der Waals surface area contributed by atoms with Gasteiger partial charge in [0.2, 0.25) is 0 Å². The summed E-state index contributed by atoms with van der Waals surface area (Å²) < 4.78 is 11.2. The molecule has 0 aliphatic carbocycles. The Balaban J connectivity index is 3.95. The number of aliphatic hydroxyl groups is 1. The van der Waals surface area contributed by atoms with Crippen LogP contribution in [-0.4, -0.2) is 61.4 Å². The van der Waals surface area contributed by atoms with Crippen molar-refractivity contribution in [2.75, 3.05) is 39.5 Å². The molecule has 0 unspecified atom stereocenters. The second-order valence-corrected chi connectivity index (χ2v) is 15.2. The van der Waals surface area contributed by atoms with E-state index in [1.807, 2.05) is 27.7 Å². The fourth-order valence-corrected chi connectivity index (χ4v) is 6.03. The molecule has 0 aromatic carbocycles. The third-order valence-corrected chi connectivity index (χ3v) is 9.54. The van der Waals surface area contributed by atoms with Gasteiger partial charge < -0.3 is 19.5 Å². The number of hydrogen-bond donors (Lipinski definition) is 1. The van der Waals surface area contributed by atoms with Gasteiger partial charge in [-0.15, -0.1) is 0 Å². The molecule has 0 bridgehead atoms. The monoisotopic (exact) mass is 654 g/mol. The minimum atomic E-state index is -0.410. The van der Waals surface area contributed by atoms with Crippen LogP contribution < -0.4 is 0 Å². The first-order valence-electron chi connectivity index (χ1n) is 19.8. The molecule has 0 amide bonds. The van der Waals surface area contributed by atoms with Gasteiger partial charge in [-0.25, -0.2) is 0 Å². The molecule has 0 radical (unpaired) electrons. The van der Waals surface area contributed by atoms with Gasteiger partial charge in [0.1, 0.15) is 0 Å². The molecule has 274 valence electrons. The zero-order valence-corrected chi connectivity index (χ0v) is 31.7. The molecule has 0 rings (SSSR count). The van der Waals surface area contributed by atoms with Gasteiger partial charge in [-0.3, -0.25) is 9.59 Å². The molecule has 0 heterocycles. The third-order valence-electron chi connectivity index (χ3n) is 9.54. The molecule has 6 heteroatoms. The Morgan fingerprint density at radius 1 is 0.478 bits per heavy atom. The minimum absolute atomic E-state index is 0.0464. The molecular weight excluding hydrogens is 574 g/mol. The van der Waals surface area contributed by atoms with E-state index in [4.69, 9.17) is 9.47 Å². The van der Waals surface area contributed by atoms with E-state index in [0.29, 0.717) is 13.2 Å². The zero-order chi connectivity index (χ0) is 34.4. The highest BCUT2D eigenvalue weighted by Crippen LogP contribution is 2.27. The molecule has 0 saturated heterocycles. The molecule has 0 aromatic heterocycles. The van der Waals surface area contributed by atoms with Crippen molar-refractivity contribution in [3.05, 3.63) is 0 Å². The standard InChI is InChI=1S/C40H79NO5/c1-7-9-11-13-15-21-27-35-45-37(43)39(3,4)29-23-17-19-25-31-41(33-34-42)32-26-20-18-24-30-40(5,6)38(44)46-36-28-22-16-14-12-10-8-2/h42H,7-36H2,1-6H3. The first-order chi connectivity index (χ1) is 22.1. The maximum Gasteiger partial charge on any atom is 0.311 e. The Morgan fingerprint density at radius 2 is 0.804 bits per heavy atom. The van der Waals surface area contributed by atoms with Crippen LogP contribution in [-0.2, 0) is 19.1 Å². The summed E-state index contributed by atoms with van der Waals surface area (Å²) >= 11 is 0. The van der Waals surface area contributed by atoms with Crippen LogP contribution in [0.25, 0.3) is 0 Å². The Kier molecular flexibility index (Phi) is 29.2. The molecule has 0 saturated carbocycles. The highest BCUT2D eigenvalue weighted by Gasteiger charge is 2.29. The fraction of sp³-hybridized carbons (Fsp3) is 0.950. The van der Waals surface area contributed by atoms with Crippen LogP contribution in [0.1, 0.15) is 196 Å². The van der Waals surface area contributed by atoms with E-state index in [1.54, 1.807) is 0 Å². The van der Waals surface area contributed by atoms with Crippen LogP contribution in [0.2, 0.25) is 0 Å². The number of hydrogen-bond acceptors (Lipinski definition) is 6. The smallest absolute Gasteiger partial charge is 0.311 e. The number of carbonyl (C=O) groups is 2. The normalized spacial score (nSPS) is 12.2. The lowest BCUT2D eigenvalue weighted by atomic mass is 9.87. The number of unbranched alkanes of at least 4 members (excludes halogenated alkanes) is 18. The van der Waals surface area contributed by atoms with Crippen molar-refractivity contribution < 1.29 is 24.2 Å². The molecule has 0 atom stereocenters. The largest absolute Gasteiger partial charge is 0.465 e. The highest BCUT2D eigenvalue weighted by atomic mass is 16.5. The summed E-state index contributed by atoms with van der Waals surface area (Å²) in [5.74, 6) is -0.0928. The first kappa shape index (κ1) is 44.9. The van der Waals surface area contributed by atoms with Crippen molar-refractivity contribution in [3.63, 3.8) is 0 Å². The van der Waals surface area contributed by atoms with Crippen molar-refractivity contribution in [1.29, 1.82) is 0 Å².